The van der Waals surface area contributed by atoms with Gasteiger partial charge in [-0.1, -0.05) is 121 Å². The second kappa shape index (κ2) is 14.8. The van der Waals surface area contributed by atoms with Crippen LogP contribution in [-0.2, 0) is 40.1 Å². The molecule has 12 heteroatoms. The number of imide groups is 2. The molecule has 212 valence electrons. The summed E-state index contributed by atoms with van der Waals surface area (Å²) in [6.07, 6.45) is 0. The van der Waals surface area contributed by atoms with Gasteiger partial charge in [-0.15, -0.1) is 0 Å². The monoisotopic (exact) mass is 618 g/mol. The van der Waals surface area contributed by atoms with Gasteiger partial charge in [0, 0.05) is 0 Å². The van der Waals surface area contributed by atoms with E-state index in [1.165, 1.54) is 0 Å². The van der Waals surface area contributed by atoms with Crippen molar-refractivity contribution >= 4 is 23.9 Å². The Bertz CT molecular complexity index is 1300. The van der Waals surface area contributed by atoms with Crippen LogP contribution in [0.2, 0.25) is 0 Å². The molecule has 6 rings (SSSR count). The Hall–Kier alpha value is -4.74. The number of carbonyl (C=O) groups excluding carboxylic acids is 4. The zero-order chi connectivity index (χ0) is 26.6. The van der Waals surface area contributed by atoms with Crippen molar-refractivity contribution in [3.8, 4) is 0 Å². The molecule has 2 saturated heterocycles. The molecular weight excluding hydrogens is 590 g/mol. The molecule has 2 heterocycles. The van der Waals surface area contributed by atoms with E-state index in [4.69, 9.17) is 0 Å². The minimum absolute atomic E-state index is 0. The van der Waals surface area contributed by atoms with Crippen molar-refractivity contribution in [1.82, 2.24) is 22.9 Å². The first kappa shape index (κ1) is 35.3. The average molecular weight is 620 g/mol. The standard InChI is InChI=1S/2C15H12N2O2.2H3N.H2O.Zn/c2*18-13-15(17-14(19)16-13,11-7-3-1-4-8-11)12-9-5-2-6-10-12;;;;/h2*1-10H,(H2,16,17,18,19);2*1H3;1H2;/q;;;;;+2/p-2. The van der Waals surface area contributed by atoms with Gasteiger partial charge in [0.15, 0.2) is 23.9 Å². The zero-order valence-electron chi connectivity index (χ0n) is 22.7. The van der Waals surface area contributed by atoms with E-state index in [9.17, 15) is 19.2 Å². The van der Waals surface area contributed by atoms with Gasteiger partial charge >= 0.3 is 19.5 Å². The number of urea groups is 2. The molecule has 0 spiro atoms. The van der Waals surface area contributed by atoms with E-state index in [2.05, 4.69) is 21.3 Å². The van der Waals surface area contributed by atoms with Crippen LogP contribution in [-0.4, -0.2) is 29.4 Å². The molecule has 0 atom stereocenters. The quantitative estimate of drug-likeness (QED) is 0.188. The number of rotatable bonds is 4. The van der Waals surface area contributed by atoms with Gasteiger partial charge in [0.1, 0.15) is 0 Å². The number of hydrogen-bond donors (Lipinski definition) is 4. The van der Waals surface area contributed by atoms with Crippen molar-refractivity contribution in [3.05, 3.63) is 154 Å². The Kier molecular flexibility index (Phi) is 12.4. The van der Waals surface area contributed by atoms with Gasteiger partial charge in [0.2, 0.25) is 0 Å². The molecule has 0 saturated carbocycles. The van der Waals surface area contributed by atoms with Crippen LogP contribution >= 0.6 is 0 Å². The van der Waals surface area contributed by atoms with Crippen LogP contribution in [0.25, 0.3) is 10.6 Å². The molecule has 4 aromatic rings. The average Bonchev–Trinajstić information content (AvgIpc) is 3.45. The van der Waals surface area contributed by atoms with E-state index in [-0.39, 0.29) is 37.3 Å². The predicted octanol–water partition coefficient (Wildman–Crippen LogP) is 4.60. The molecule has 6 amide bonds. The SMILES string of the molecule is N.N.O.O=C1[N-]C(=O)C(c2ccccc2)(c2ccccc2)N1.O=C1[N-]C(=O)C(c2ccccc2)(c2ccccc2)N1.[Zn+2]. The van der Waals surface area contributed by atoms with Gasteiger partial charge in [-0.2, -0.15) is 0 Å². The molecule has 0 bridgehead atoms. The summed E-state index contributed by atoms with van der Waals surface area (Å²) in [4.78, 5) is 47.5. The van der Waals surface area contributed by atoms with Gasteiger partial charge in [0.25, 0.3) is 0 Å². The van der Waals surface area contributed by atoms with Crippen molar-refractivity contribution < 1.29 is 44.1 Å². The number of nitrogens with zero attached hydrogens (tertiary/aromatic N) is 2. The van der Waals surface area contributed by atoms with Crippen LogP contribution in [0.3, 0.4) is 0 Å². The van der Waals surface area contributed by atoms with E-state index in [1.807, 2.05) is 121 Å². The molecular formula is C30H30N6O5Zn. The molecule has 2 aliphatic rings. The van der Waals surface area contributed by atoms with E-state index in [0.29, 0.717) is 22.3 Å². The minimum atomic E-state index is -1.19. The van der Waals surface area contributed by atoms with Crippen molar-refractivity contribution in [3.63, 3.8) is 0 Å². The summed E-state index contributed by atoms with van der Waals surface area (Å²) in [5.74, 6) is -0.954. The number of carbonyl (C=O) groups is 4. The summed E-state index contributed by atoms with van der Waals surface area (Å²) in [5.41, 5.74) is 0.447. The van der Waals surface area contributed by atoms with Crippen LogP contribution < -0.4 is 22.9 Å². The van der Waals surface area contributed by atoms with E-state index >= 15 is 0 Å². The van der Waals surface area contributed by atoms with E-state index < -0.39 is 35.0 Å². The van der Waals surface area contributed by atoms with E-state index in [0.717, 1.165) is 0 Å². The normalized spacial score (nSPS) is 15.2. The molecule has 0 unspecified atom stereocenters. The molecule has 4 aromatic carbocycles. The number of hydrogen-bond acceptors (Lipinski definition) is 6. The van der Waals surface area contributed by atoms with Crippen LogP contribution in [0, 0.1) is 0 Å². The maximum Gasteiger partial charge on any atom is 2.00 e. The maximum absolute atomic E-state index is 12.3. The topological polar surface area (TPSA) is 222 Å². The Labute approximate surface area is 255 Å². The fraction of sp³-hybridized carbons (Fsp3) is 0.0667. The molecule has 2 aliphatic heterocycles. The first-order valence-electron chi connectivity index (χ1n) is 11.9. The molecule has 10 N–H and O–H groups in total. The second-order valence-electron chi connectivity index (χ2n) is 8.66. The zero-order valence-corrected chi connectivity index (χ0v) is 25.7. The summed E-state index contributed by atoms with van der Waals surface area (Å²) in [7, 11) is 0. The van der Waals surface area contributed by atoms with E-state index in [1.54, 1.807) is 0 Å². The smallest absolute Gasteiger partial charge is 0.430 e. The van der Waals surface area contributed by atoms with Gasteiger partial charge < -0.3 is 39.0 Å². The van der Waals surface area contributed by atoms with Crippen molar-refractivity contribution in [2.75, 3.05) is 0 Å². The molecule has 2 fully saturated rings. The summed E-state index contributed by atoms with van der Waals surface area (Å²) in [5, 5.41) is 12.4. The largest absolute Gasteiger partial charge is 2.00 e. The molecule has 42 heavy (non-hydrogen) atoms. The molecule has 0 radical (unpaired) electrons. The van der Waals surface area contributed by atoms with Crippen LogP contribution in [0.5, 0.6) is 0 Å². The third kappa shape index (κ3) is 6.27. The third-order valence-corrected chi connectivity index (χ3v) is 6.46. The summed E-state index contributed by atoms with van der Waals surface area (Å²) >= 11 is 0. The Balaban J connectivity index is 0.000000383. The van der Waals surface area contributed by atoms with Crippen molar-refractivity contribution in [2.45, 2.75) is 11.1 Å². The van der Waals surface area contributed by atoms with Crippen LogP contribution in [0.4, 0.5) is 9.59 Å². The van der Waals surface area contributed by atoms with Crippen molar-refractivity contribution in [1.29, 1.82) is 0 Å². The fourth-order valence-electron chi connectivity index (χ4n) is 4.70. The maximum atomic E-state index is 12.3. The minimum Gasteiger partial charge on any atom is -0.430 e. The third-order valence-electron chi connectivity index (χ3n) is 6.46. The summed E-state index contributed by atoms with van der Waals surface area (Å²) in [6.45, 7) is 0. The van der Waals surface area contributed by atoms with Crippen molar-refractivity contribution in [2.24, 2.45) is 0 Å². The molecule has 11 nitrogen and oxygen atoms in total. The number of amides is 6. The Morgan fingerprint density at radius 1 is 0.429 bits per heavy atom. The summed E-state index contributed by atoms with van der Waals surface area (Å²) < 4.78 is 0. The first-order chi connectivity index (χ1) is 18.5. The Morgan fingerprint density at radius 2 is 0.643 bits per heavy atom. The van der Waals surface area contributed by atoms with Gasteiger partial charge in [-0.3, -0.25) is 19.2 Å². The summed E-state index contributed by atoms with van der Waals surface area (Å²) in [6, 6.07) is 35.4. The van der Waals surface area contributed by atoms with Crippen LogP contribution in [0.1, 0.15) is 22.3 Å². The number of benzene rings is 4. The fourth-order valence-corrected chi connectivity index (χ4v) is 4.70. The first-order valence-corrected chi connectivity index (χ1v) is 11.9. The van der Waals surface area contributed by atoms with Gasteiger partial charge in [-0.05, 0) is 22.3 Å². The van der Waals surface area contributed by atoms with Gasteiger partial charge in [-0.25, -0.2) is 0 Å². The molecule has 0 aliphatic carbocycles. The van der Waals surface area contributed by atoms with Crippen LogP contribution in [0.15, 0.2) is 121 Å². The predicted molar refractivity (Wildman–Crippen MR) is 155 cm³/mol. The number of nitrogens with one attached hydrogen (secondary N) is 2. The molecule has 0 aromatic heterocycles. The van der Waals surface area contributed by atoms with Gasteiger partial charge in [0.05, 0.1) is 11.1 Å². The Morgan fingerprint density at radius 3 is 0.810 bits per heavy atom. The second-order valence-corrected chi connectivity index (χ2v) is 8.66.